The number of aliphatic carboxylic acids is 1. The SMILES string of the molecule is CC[C@H](C)[C@H](NC(=O)C=C1c2ccccc2C(=O)N[C@H]1[C@@H](C)CC)C(=O)N[C@H](C(=O)N[C@](C)(C(=O)O)[C@@H](C)CC)[C@@H](C)CC. The number of hydrogen-bond donors (Lipinski definition) is 5. The molecule has 0 saturated heterocycles. The van der Waals surface area contributed by atoms with Gasteiger partial charge in [0.25, 0.3) is 5.91 Å². The van der Waals surface area contributed by atoms with Gasteiger partial charge in [-0.05, 0) is 47.8 Å². The Hall–Kier alpha value is -3.69. The zero-order chi connectivity index (χ0) is 33.4. The lowest BCUT2D eigenvalue weighted by Gasteiger charge is -2.35. The van der Waals surface area contributed by atoms with Crippen molar-refractivity contribution in [1.29, 1.82) is 0 Å². The first-order valence-electron chi connectivity index (χ1n) is 15.9. The van der Waals surface area contributed by atoms with Gasteiger partial charge in [0.05, 0.1) is 6.04 Å². The van der Waals surface area contributed by atoms with E-state index < -0.39 is 41.3 Å². The molecule has 0 radical (unpaired) electrons. The van der Waals surface area contributed by atoms with E-state index in [2.05, 4.69) is 21.3 Å². The maximum Gasteiger partial charge on any atom is 0.329 e. The molecule has 8 atom stereocenters. The lowest BCUT2D eigenvalue weighted by atomic mass is 9.82. The average molecular weight is 613 g/mol. The summed E-state index contributed by atoms with van der Waals surface area (Å²) in [4.78, 5) is 65.8. The molecule has 0 aromatic heterocycles. The van der Waals surface area contributed by atoms with Crippen molar-refractivity contribution in [2.75, 3.05) is 0 Å². The number of carboxylic acid groups (broad SMARTS) is 1. The van der Waals surface area contributed by atoms with Gasteiger partial charge in [0.2, 0.25) is 17.7 Å². The number of carbonyl (C=O) groups is 5. The molecule has 0 saturated carbocycles. The minimum absolute atomic E-state index is 0.0572. The van der Waals surface area contributed by atoms with E-state index in [1.165, 1.54) is 13.0 Å². The zero-order valence-corrected chi connectivity index (χ0v) is 27.7. The summed E-state index contributed by atoms with van der Waals surface area (Å²) in [6, 6.07) is 4.79. The standard InChI is InChI=1S/C34H52N4O6/c1-10-19(5)27-25(23-16-14-15-17-24(23)30(40)36-27)18-26(39)35-28(20(6)11-2)31(41)37-29(21(7)12-3)32(42)38-34(9,33(43)44)22(8)13-4/h14-22,27-29H,10-13H2,1-9H3,(H,35,39)(H,36,40)(H,37,41)(H,38,42)(H,43,44)/t19-,20-,21-,22-,27-,28-,29-,34-/m0/s1. The fourth-order valence-corrected chi connectivity index (χ4v) is 5.36. The van der Waals surface area contributed by atoms with Gasteiger partial charge in [-0.3, -0.25) is 19.2 Å². The van der Waals surface area contributed by atoms with Crippen LogP contribution in [0.5, 0.6) is 0 Å². The van der Waals surface area contributed by atoms with E-state index in [9.17, 15) is 29.1 Å². The minimum atomic E-state index is -1.52. The summed E-state index contributed by atoms with van der Waals surface area (Å²) in [5.74, 6) is -3.81. The molecule has 2 rings (SSSR count). The molecule has 4 amide bonds. The molecule has 0 fully saturated rings. The predicted octanol–water partition coefficient (Wildman–Crippen LogP) is 4.30. The van der Waals surface area contributed by atoms with Gasteiger partial charge in [0.15, 0.2) is 0 Å². The largest absolute Gasteiger partial charge is 0.480 e. The number of benzene rings is 1. The van der Waals surface area contributed by atoms with Gasteiger partial charge in [-0.2, -0.15) is 0 Å². The average Bonchev–Trinajstić information content (AvgIpc) is 3.01. The Balaban J connectivity index is 2.40. The molecule has 1 heterocycles. The van der Waals surface area contributed by atoms with Crippen LogP contribution in [0.15, 0.2) is 30.3 Å². The number of carbonyl (C=O) groups excluding carboxylic acids is 4. The molecule has 0 aliphatic carbocycles. The Morgan fingerprint density at radius 1 is 0.864 bits per heavy atom. The lowest BCUT2D eigenvalue weighted by molar-refractivity contribution is -0.150. The summed E-state index contributed by atoms with van der Waals surface area (Å²) < 4.78 is 0. The van der Waals surface area contributed by atoms with Gasteiger partial charge in [0.1, 0.15) is 17.6 Å². The Morgan fingerprint density at radius 3 is 1.91 bits per heavy atom. The molecule has 5 N–H and O–H groups in total. The van der Waals surface area contributed by atoms with Crippen molar-refractivity contribution in [2.24, 2.45) is 23.7 Å². The third-order valence-electron chi connectivity index (χ3n) is 9.62. The van der Waals surface area contributed by atoms with Crippen LogP contribution in [-0.2, 0) is 19.2 Å². The van der Waals surface area contributed by atoms with Gasteiger partial charge in [0, 0.05) is 11.6 Å². The number of rotatable bonds is 15. The second-order valence-corrected chi connectivity index (χ2v) is 12.5. The molecule has 10 nitrogen and oxygen atoms in total. The molecule has 1 aliphatic heterocycles. The van der Waals surface area contributed by atoms with Crippen LogP contribution in [0, 0.1) is 23.7 Å². The second kappa shape index (κ2) is 15.9. The number of amides is 4. The Bertz CT molecular complexity index is 1250. The first-order chi connectivity index (χ1) is 20.7. The van der Waals surface area contributed by atoms with Crippen LogP contribution in [0.25, 0.3) is 5.57 Å². The van der Waals surface area contributed by atoms with Crippen LogP contribution in [0.2, 0.25) is 0 Å². The summed E-state index contributed by atoms with van der Waals surface area (Å²) >= 11 is 0. The normalized spacial score (nSPS) is 20.9. The molecule has 1 aliphatic rings. The van der Waals surface area contributed by atoms with Gasteiger partial charge in [-0.15, -0.1) is 0 Å². The van der Waals surface area contributed by atoms with Crippen LogP contribution >= 0.6 is 0 Å². The highest BCUT2D eigenvalue weighted by atomic mass is 16.4. The Kier molecular flexibility index (Phi) is 13.2. The fourth-order valence-electron chi connectivity index (χ4n) is 5.36. The van der Waals surface area contributed by atoms with Crippen molar-refractivity contribution in [2.45, 2.75) is 112 Å². The van der Waals surface area contributed by atoms with Crippen molar-refractivity contribution < 1.29 is 29.1 Å². The van der Waals surface area contributed by atoms with E-state index in [0.717, 1.165) is 6.42 Å². The summed E-state index contributed by atoms with van der Waals surface area (Å²) in [5.41, 5.74) is 0.314. The predicted molar refractivity (Wildman–Crippen MR) is 172 cm³/mol. The zero-order valence-electron chi connectivity index (χ0n) is 27.7. The number of carboxylic acids is 1. The van der Waals surface area contributed by atoms with Crippen LogP contribution < -0.4 is 21.3 Å². The molecule has 1 aromatic rings. The third kappa shape index (κ3) is 8.27. The van der Waals surface area contributed by atoms with Crippen LogP contribution in [0.4, 0.5) is 0 Å². The summed E-state index contributed by atoms with van der Waals surface area (Å²) in [7, 11) is 0. The van der Waals surface area contributed by atoms with E-state index in [4.69, 9.17) is 0 Å². The van der Waals surface area contributed by atoms with E-state index in [1.807, 2.05) is 60.6 Å². The van der Waals surface area contributed by atoms with Gasteiger partial charge < -0.3 is 26.4 Å². The third-order valence-corrected chi connectivity index (χ3v) is 9.62. The number of fused-ring (bicyclic) bond motifs is 1. The Morgan fingerprint density at radius 2 is 1.41 bits per heavy atom. The van der Waals surface area contributed by atoms with Crippen LogP contribution in [-0.4, -0.2) is 58.4 Å². The van der Waals surface area contributed by atoms with Crippen LogP contribution in [0.3, 0.4) is 0 Å². The highest BCUT2D eigenvalue weighted by Gasteiger charge is 2.42. The second-order valence-electron chi connectivity index (χ2n) is 12.5. The fraction of sp³-hybridized carbons (Fsp3) is 0.618. The maximum atomic E-state index is 13.8. The van der Waals surface area contributed by atoms with Crippen molar-refractivity contribution in [3.05, 3.63) is 41.5 Å². The highest BCUT2D eigenvalue weighted by Crippen LogP contribution is 2.32. The van der Waals surface area contributed by atoms with Crippen molar-refractivity contribution in [1.82, 2.24) is 21.3 Å². The summed E-state index contributed by atoms with van der Waals surface area (Å²) in [6.45, 7) is 16.6. The molecule has 0 unspecified atom stereocenters. The van der Waals surface area contributed by atoms with Crippen molar-refractivity contribution in [3.8, 4) is 0 Å². The number of nitrogens with one attached hydrogen (secondary N) is 4. The first kappa shape index (κ1) is 36.5. The molecular weight excluding hydrogens is 560 g/mol. The lowest BCUT2D eigenvalue weighted by Crippen LogP contribution is -2.63. The minimum Gasteiger partial charge on any atom is -0.480 e. The van der Waals surface area contributed by atoms with E-state index >= 15 is 0 Å². The molecule has 244 valence electrons. The molecule has 1 aromatic carbocycles. The molecule has 44 heavy (non-hydrogen) atoms. The summed E-state index contributed by atoms with van der Waals surface area (Å²) in [5, 5.41) is 21.4. The van der Waals surface area contributed by atoms with Gasteiger partial charge in [-0.1, -0.05) is 99.3 Å². The molecular formula is C34H52N4O6. The first-order valence-corrected chi connectivity index (χ1v) is 15.9. The van der Waals surface area contributed by atoms with Gasteiger partial charge >= 0.3 is 5.97 Å². The number of hydrogen-bond acceptors (Lipinski definition) is 5. The molecule has 0 bridgehead atoms. The van der Waals surface area contributed by atoms with Crippen LogP contribution in [0.1, 0.15) is 104 Å². The molecule has 0 spiro atoms. The quantitative estimate of drug-likeness (QED) is 0.186. The summed E-state index contributed by atoms with van der Waals surface area (Å²) in [6.07, 6.45) is 3.91. The topological polar surface area (TPSA) is 154 Å². The van der Waals surface area contributed by atoms with E-state index in [1.54, 1.807) is 19.1 Å². The van der Waals surface area contributed by atoms with Gasteiger partial charge in [-0.25, -0.2) is 4.79 Å². The monoisotopic (exact) mass is 612 g/mol. The highest BCUT2D eigenvalue weighted by molar-refractivity contribution is 6.07. The van der Waals surface area contributed by atoms with Crippen molar-refractivity contribution in [3.63, 3.8) is 0 Å². The maximum absolute atomic E-state index is 13.8. The Labute approximate surface area is 262 Å². The molecule has 10 heteroatoms. The van der Waals surface area contributed by atoms with E-state index in [-0.39, 0.29) is 35.6 Å². The van der Waals surface area contributed by atoms with Crippen molar-refractivity contribution >= 4 is 35.2 Å². The smallest absolute Gasteiger partial charge is 0.329 e. The van der Waals surface area contributed by atoms with E-state index in [0.29, 0.717) is 36.0 Å².